The highest BCUT2D eigenvalue weighted by Gasteiger charge is 2.29. The van der Waals surface area contributed by atoms with Gasteiger partial charge in [-0.2, -0.15) is 0 Å². The van der Waals surface area contributed by atoms with Crippen molar-refractivity contribution in [2.24, 2.45) is 0 Å². The molecule has 0 spiro atoms. The Morgan fingerprint density at radius 3 is 2.88 bits per heavy atom. The largest absolute Gasteiger partial charge is 0.304 e. The number of halogens is 2. The van der Waals surface area contributed by atoms with Crippen LogP contribution in [-0.2, 0) is 0 Å². The van der Waals surface area contributed by atoms with Crippen LogP contribution in [0.2, 0.25) is 4.34 Å². The Morgan fingerprint density at radius 2 is 2.29 bits per heavy atom. The van der Waals surface area contributed by atoms with Gasteiger partial charge >= 0.3 is 0 Å². The molecule has 88 valence electrons. The van der Waals surface area contributed by atoms with E-state index in [0.717, 1.165) is 18.5 Å². The number of hydrogen-bond acceptors (Lipinski definition) is 4. The summed E-state index contributed by atoms with van der Waals surface area (Å²) in [6.07, 6.45) is 3.80. The van der Waals surface area contributed by atoms with E-state index in [0.29, 0.717) is 24.7 Å². The molecule has 3 rings (SSSR count). The number of aromatic nitrogens is 3. The van der Waals surface area contributed by atoms with Crippen LogP contribution in [-0.4, -0.2) is 15.0 Å². The van der Waals surface area contributed by atoms with E-state index in [9.17, 15) is 4.79 Å². The van der Waals surface area contributed by atoms with Crippen LogP contribution in [0.5, 0.6) is 0 Å². The summed E-state index contributed by atoms with van der Waals surface area (Å²) in [7, 11) is 0. The quantitative estimate of drug-likeness (QED) is 0.816. The average molecular weight is 380 g/mol. The van der Waals surface area contributed by atoms with Gasteiger partial charge in [-0.1, -0.05) is 22.9 Å². The molecule has 2 aromatic rings. The van der Waals surface area contributed by atoms with Crippen molar-refractivity contribution >= 4 is 45.5 Å². The molecule has 0 amide bonds. The number of hydrogen-bond donors (Lipinski definition) is 1. The standard InChI is InChI=1S/C10H7ClIN3OS/c11-5-3-13-10(17-5)8-14-7(4-1-2-4)6(12)9(16)15-8/h3-4H,1-2H2,(H,14,15,16). The fourth-order valence-electron chi connectivity index (χ4n) is 1.57. The van der Waals surface area contributed by atoms with E-state index in [-0.39, 0.29) is 5.56 Å². The highest BCUT2D eigenvalue weighted by molar-refractivity contribution is 14.1. The van der Waals surface area contributed by atoms with Gasteiger partial charge in [0, 0.05) is 5.92 Å². The Bertz CT molecular complexity index is 635. The lowest BCUT2D eigenvalue weighted by Gasteiger charge is -2.03. The van der Waals surface area contributed by atoms with Crippen molar-refractivity contribution in [3.05, 3.63) is 30.2 Å². The number of rotatable bonds is 2. The van der Waals surface area contributed by atoms with Gasteiger partial charge in [-0.05, 0) is 35.4 Å². The maximum absolute atomic E-state index is 11.8. The Balaban J connectivity index is 2.14. The third-order valence-corrected chi connectivity index (χ3v) is 4.70. The molecule has 0 aromatic carbocycles. The van der Waals surface area contributed by atoms with Gasteiger partial charge in [-0.15, -0.1) is 0 Å². The van der Waals surface area contributed by atoms with E-state index in [1.54, 1.807) is 6.20 Å². The molecule has 2 aromatic heterocycles. The maximum Gasteiger partial charge on any atom is 0.264 e. The zero-order valence-corrected chi connectivity index (χ0v) is 12.3. The van der Waals surface area contributed by atoms with Gasteiger partial charge in [0.05, 0.1) is 11.9 Å². The van der Waals surface area contributed by atoms with Crippen LogP contribution in [0.15, 0.2) is 11.0 Å². The Morgan fingerprint density at radius 1 is 1.53 bits per heavy atom. The summed E-state index contributed by atoms with van der Waals surface area (Å²) in [5, 5.41) is 0.658. The van der Waals surface area contributed by atoms with Crippen molar-refractivity contribution in [2.45, 2.75) is 18.8 Å². The fraction of sp³-hybridized carbons (Fsp3) is 0.300. The molecule has 1 N–H and O–H groups in total. The molecular formula is C10H7ClIN3OS. The summed E-state index contributed by atoms with van der Waals surface area (Å²) in [6, 6.07) is 0. The SMILES string of the molecule is O=c1[nH]c(-c2ncc(Cl)s2)nc(C2CC2)c1I. The lowest BCUT2D eigenvalue weighted by Crippen LogP contribution is -2.15. The number of thiazole rings is 1. The Hall–Kier alpha value is -0.470. The molecule has 7 heteroatoms. The number of H-pyrrole nitrogens is 1. The highest BCUT2D eigenvalue weighted by atomic mass is 127. The zero-order valence-electron chi connectivity index (χ0n) is 8.54. The average Bonchev–Trinajstić information content (AvgIpc) is 3.05. The van der Waals surface area contributed by atoms with Gasteiger partial charge < -0.3 is 4.98 Å². The van der Waals surface area contributed by atoms with Gasteiger partial charge in [-0.3, -0.25) is 4.79 Å². The summed E-state index contributed by atoms with van der Waals surface area (Å²) in [4.78, 5) is 23.2. The molecule has 1 aliphatic rings. The second-order valence-electron chi connectivity index (χ2n) is 3.86. The third kappa shape index (κ3) is 2.25. The molecular weight excluding hydrogens is 373 g/mol. The first kappa shape index (κ1) is 11.6. The van der Waals surface area contributed by atoms with Crippen molar-refractivity contribution in [1.82, 2.24) is 15.0 Å². The first-order chi connectivity index (χ1) is 8.15. The van der Waals surface area contributed by atoms with Gasteiger partial charge in [0.1, 0.15) is 7.91 Å². The molecule has 0 unspecified atom stereocenters. The Labute approximate surface area is 120 Å². The molecule has 1 fully saturated rings. The normalized spacial score (nSPS) is 15.2. The van der Waals surface area contributed by atoms with Crippen molar-refractivity contribution < 1.29 is 0 Å². The maximum atomic E-state index is 11.8. The lowest BCUT2D eigenvalue weighted by molar-refractivity contribution is 0.956. The van der Waals surface area contributed by atoms with E-state index in [2.05, 4.69) is 37.5 Å². The van der Waals surface area contributed by atoms with Crippen LogP contribution < -0.4 is 5.56 Å². The summed E-state index contributed by atoms with van der Waals surface area (Å²) >= 11 is 9.20. The second-order valence-corrected chi connectivity index (χ2v) is 6.60. The smallest absolute Gasteiger partial charge is 0.264 e. The minimum atomic E-state index is -0.0937. The Kier molecular flexibility index (Phi) is 2.95. The van der Waals surface area contributed by atoms with Gasteiger partial charge in [0.15, 0.2) is 10.8 Å². The van der Waals surface area contributed by atoms with Crippen molar-refractivity contribution in [2.75, 3.05) is 0 Å². The number of nitrogens with one attached hydrogen (secondary N) is 1. The minimum absolute atomic E-state index is 0.0937. The molecule has 0 atom stereocenters. The van der Waals surface area contributed by atoms with E-state index >= 15 is 0 Å². The minimum Gasteiger partial charge on any atom is -0.304 e. The second kappa shape index (κ2) is 4.33. The molecule has 0 saturated heterocycles. The molecule has 0 bridgehead atoms. The van der Waals surface area contributed by atoms with E-state index in [4.69, 9.17) is 11.6 Å². The zero-order chi connectivity index (χ0) is 12.0. The molecule has 2 heterocycles. The predicted octanol–water partition coefficient (Wildman–Crippen LogP) is 3.03. The third-order valence-electron chi connectivity index (χ3n) is 2.53. The lowest BCUT2D eigenvalue weighted by atomic mass is 10.3. The van der Waals surface area contributed by atoms with Gasteiger partial charge in [0.2, 0.25) is 0 Å². The van der Waals surface area contributed by atoms with E-state index < -0.39 is 0 Å². The van der Waals surface area contributed by atoms with Crippen LogP contribution in [0, 0.1) is 3.57 Å². The van der Waals surface area contributed by atoms with Gasteiger partial charge in [0.25, 0.3) is 5.56 Å². The summed E-state index contributed by atoms with van der Waals surface area (Å²) in [5.41, 5.74) is 0.805. The first-order valence-electron chi connectivity index (χ1n) is 5.06. The van der Waals surface area contributed by atoms with Crippen LogP contribution >= 0.6 is 45.5 Å². The first-order valence-corrected chi connectivity index (χ1v) is 7.34. The molecule has 0 radical (unpaired) electrons. The fourth-order valence-corrected chi connectivity index (χ4v) is 3.12. The van der Waals surface area contributed by atoms with E-state index in [1.807, 2.05) is 0 Å². The van der Waals surface area contributed by atoms with Crippen LogP contribution in [0.4, 0.5) is 0 Å². The predicted molar refractivity (Wildman–Crippen MR) is 75.7 cm³/mol. The summed E-state index contributed by atoms with van der Waals surface area (Å²) < 4.78 is 1.28. The summed E-state index contributed by atoms with van der Waals surface area (Å²) in [5.74, 6) is 0.965. The van der Waals surface area contributed by atoms with Crippen molar-refractivity contribution in [3.8, 4) is 10.8 Å². The van der Waals surface area contributed by atoms with Crippen molar-refractivity contribution in [1.29, 1.82) is 0 Å². The molecule has 1 saturated carbocycles. The topological polar surface area (TPSA) is 58.6 Å². The summed E-state index contributed by atoms with van der Waals surface area (Å²) in [6.45, 7) is 0. The van der Waals surface area contributed by atoms with Crippen LogP contribution in [0.3, 0.4) is 0 Å². The van der Waals surface area contributed by atoms with E-state index in [1.165, 1.54) is 11.3 Å². The van der Waals surface area contributed by atoms with Crippen LogP contribution in [0.25, 0.3) is 10.8 Å². The molecule has 4 nitrogen and oxygen atoms in total. The number of nitrogens with zero attached hydrogens (tertiary/aromatic N) is 2. The molecule has 17 heavy (non-hydrogen) atoms. The van der Waals surface area contributed by atoms with Crippen LogP contribution in [0.1, 0.15) is 24.5 Å². The van der Waals surface area contributed by atoms with Crippen molar-refractivity contribution in [3.63, 3.8) is 0 Å². The molecule has 1 aliphatic carbocycles. The van der Waals surface area contributed by atoms with Gasteiger partial charge in [-0.25, -0.2) is 9.97 Å². The highest BCUT2D eigenvalue weighted by Crippen LogP contribution is 2.40. The number of aromatic amines is 1. The molecule has 0 aliphatic heterocycles. The monoisotopic (exact) mass is 379 g/mol.